The van der Waals surface area contributed by atoms with Gasteiger partial charge in [-0.25, -0.2) is 4.39 Å². The number of rotatable bonds is 7. The lowest BCUT2D eigenvalue weighted by Crippen LogP contribution is -2.29. The largest absolute Gasteiger partial charge is 0.507 e. The molecule has 0 aliphatic carbocycles. The Morgan fingerprint density at radius 2 is 1.54 bits per heavy atom. The molecule has 1 heterocycles. The summed E-state index contributed by atoms with van der Waals surface area (Å²) in [5.74, 6) is -1.77. The number of methoxy groups -OCH3 is 1. The second kappa shape index (κ2) is 10.0. The number of aliphatic hydroxyl groups excluding tert-OH is 1. The molecule has 35 heavy (non-hydrogen) atoms. The van der Waals surface area contributed by atoms with Crippen LogP contribution >= 0.6 is 0 Å². The van der Waals surface area contributed by atoms with Crippen molar-refractivity contribution in [3.8, 4) is 5.75 Å². The Labute approximate surface area is 203 Å². The van der Waals surface area contributed by atoms with Crippen LogP contribution < -0.4 is 14.5 Å². The van der Waals surface area contributed by atoms with Gasteiger partial charge in [0.1, 0.15) is 17.3 Å². The number of nitrogens with zero attached hydrogens (tertiary/aromatic N) is 2. The lowest BCUT2D eigenvalue weighted by atomic mass is 9.95. The normalized spacial score (nSPS) is 17.0. The Hall–Kier alpha value is -4.13. The molecule has 1 aliphatic rings. The van der Waals surface area contributed by atoms with Gasteiger partial charge in [-0.05, 0) is 80.1 Å². The van der Waals surface area contributed by atoms with Gasteiger partial charge < -0.3 is 14.7 Å². The smallest absolute Gasteiger partial charge is 0.300 e. The van der Waals surface area contributed by atoms with Crippen LogP contribution in [-0.2, 0) is 9.59 Å². The standard InChI is InChI=1S/C28H27FN2O4/c1-4-30(5-2)21-12-8-18(9-13-21)25-24(26(32)19-6-10-20(29)11-7-19)27(33)28(34)31(25)22-14-16-23(35-3)17-15-22/h6-17,25,32H,4-5H2,1-3H3/b26-24-. The Kier molecular flexibility index (Phi) is 6.87. The van der Waals surface area contributed by atoms with E-state index in [1.54, 1.807) is 31.4 Å². The van der Waals surface area contributed by atoms with Crippen LogP contribution in [0.15, 0.2) is 78.4 Å². The SMILES string of the molecule is CCN(CC)c1ccc(C2/C(=C(/O)c3ccc(F)cc3)C(=O)C(=O)N2c2ccc(OC)cc2)cc1. The molecular weight excluding hydrogens is 447 g/mol. The number of carbonyl (C=O) groups is 2. The predicted molar refractivity (Wildman–Crippen MR) is 134 cm³/mol. The van der Waals surface area contributed by atoms with Gasteiger partial charge in [0.2, 0.25) is 0 Å². The highest BCUT2D eigenvalue weighted by molar-refractivity contribution is 6.51. The van der Waals surface area contributed by atoms with Crippen LogP contribution in [0.1, 0.15) is 31.0 Å². The molecule has 180 valence electrons. The predicted octanol–water partition coefficient (Wildman–Crippen LogP) is 5.31. The minimum atomic E-state index is -0.862. The Morgan fingerprint density at radius 1 is 0.943 bits per heavy atom. The van der Waals surface area contributed by atoms with Crippen molar-refractivity contribution in [3.05, 3.63) is 95.3 Å². The van der Waals surface area contributed by atoms with E-state index in [0.717, 1.165) is 18.8 Å². The maximum absolute atomic E-state index is 13.5. The van der Waals surface area contributed by atoms with E-state index < -0.39 is 23.5 Å². The van der Waals surface area contributed by atoms with E-state index in [0.29, 0.717) is 17.0 Å². The van der Waals surface area contributed by atoms with E-state index in [9.17, 15) is 19.1 Å². The van der Waals surface area contributed by atoms with Gasteiger partial charge in [0.05, 0.1) is 18.7 Å². The van der Waals surface area contributed by atoms with Crippen LogP contribution in [0.3, 0.4) is 0 Å². The number of hydrogen-bond acceptors (Lipinski definition) is 5. The molecule has 1 N–H and O–H groups in total. The molecule has 4 rings (SSSR count). The van der Waals surface area contributed by atoms with Gasteiger partial charge in [-0.3, -0.25) is 14.5 Å². The van der Waals surface area contributed by atoms with Crippen molar-refractivity contribution in [3.63, 3.8) is 0 Å². The number of Topliss-reactive ketones (excluding diaryl/α,β-unsaturated/α-hetero) is 1. The van der Waals surface area contributed by atoms with Gasteiger partial charge in [-0.2, -0.15) is 0 Å². The summed E-state index contributed by atoms with van der Waals surface area (Å²) in [6, 6.07) is 18.7. The lowest BCUT2D eigenvalue weighted by Gasteiger charge is -2.27. The second-order valence-corrected chi connectivity index (χ2v) is 8.14. The van der Waals surface area contributed by atoms with Crippen molar-refractivity contribution < 1.29 is 23.8 Å². The summed E-state index contributed by atoms with van der Waals surface area (Å²) in [6.45, 7) is 5.81. The maximum atomic E-state index is 13.5. The molecule has 0 radical (unpaired) electrons. The van der Waals surface area contributed by atoms with Gasteiger partial charge >= 0.3 is 0 Å². The van der Waals surface area contributed by atoms with Crippen LogP contribution in [0.2, 0.25) is 0 Å². The topological polar surface area (TPSA) is 70.1 Å². The maximum Gasteiger partial charge on any atom is 0.300 e. The number of halogens is 1. The quantitative estimate of drug-likeness (QED) is 0.286. The molecule has 1 saturated heterocycles. The molecule has 1 amide bonds. The van der Waals surface area contributed by atoms with E-state index in [4.69, 9.17) is 4.74 Å². The molecule has 1 fully saturated rings. The summed E-state index contributed by atoms with van der Waals surface area (Å²) in [6.07, 6.45) is 0. The van der Waals surface area contributed by atoms with E-state index in [1.807, 2.05) is 24.3 Å². The number of benzene rings is 3. The van der Waals surface area contributed by atoms with E-state index in [1.165, 1.54) is 29.2 Å². The molecule has 0 bridgehead atoms. The van der Waals surface area contributed by atoms with Gasteiger partial charge in [0, 0.05) is 30.0 Å². The molecule has 1 unspecified atom stereocenters. The molecule has 1 aliphatic heterocycles. The van der Waals surface area contributed by atoms with E-state index in [2.05, 4.69) is 18.7 Å². The van der Waals surface area contributed by atoms with Crippen molar-refractivity contribution in [2.24, 2.45) is 0 Å². The Balaban J connectivity index is 1.88. The Morgan fingerprint density at radius 3 is 2.09 bits per heavy atom. The summed E-state index contributed by atoms with van der Waals surface area (Å²) >= 11 is 0. The van der Waals surface area contributed by atoms with E-state index in [-0.39, 0.29) is 16.9 Å². The van der Waals surface area contributed by atoms with Crippen molar-refractivity contribution in [1.82, 2.24) is 0 Å². The third-order valence-electron chi connectivity index (χ3n) is 6.25. The van der Waals surface area contributed by atoms with Gasteiger partial charge in [-0.1, -0.05) is 12.1 Å². The number of hydrogen-bond donors (Lipinski definition) is 1. The summed E-state index contributed by atoms with van der Waals surface area (Å²) in [4.78, 5) is 30.0. The summed E-state index contributed by atoms with van der Waals surface area (Å²) in [5.41, 5.74) is 2.37. The van der Waals surface area contributed by atoms with Gasteiger partial charge in [0.25, 0.3) is 11.7 Å². The number of ketones is 1. The van der Waals surface area contributed by atoms with Gasteiger partial charge in [-0.15, -0.1) is 0 Å². The van der Waals surface area contributed by atoms with Crippen LogP contribution in [0.4, 0.5) is 15.8 Å². The first kappa shape index (κ1) is 24.0. The third kappa shape index (κ3) is 4.49. The first-order valence-corrected chi connectivity index (χ1v) is 11.5. The molecular formula is C28H27FN2O4. The second-order valence-electron chi connectivity index (χ2n) is 8.14. The van der Waals surface area contributed by atoms with Crippen LogP contribution in [-0.4, -0.2) is 37.0 Å². The van der Waals surface area contributed by atoms with Crippen molar-refractivity contribution in [2.45, 2.75) is 19.9 Å². The van der Waals surface area contributed by atoms with Gasteiger partial charge in [0.15, 0.2) is 0 Å². The number of aliphatic hydroxyl groups is 1. The summed E-state index contributed by atoms with van der Waals surface area (Å²) in [7, 11) is 1.54. The lowest BCUT2D eigenvalue weighted by molar-refractivity contribution is -0.132. The van der Waals surface area contributed by atoms with Crippen LogP contribution in [0.25, 0.3) is 5.76 Å². The zero-order valence-electron chi connectivity index (χ0n) is 19.9. The van der Waals surface area contributed by atoms with Crippen molar-refractivity contribution >= 4 is 28.8 Å². The highest BCUT2D eigenvalue weighted by Gasteiger charge is 2.47. The molecule has 0 aromatic heterocycles. The summed E-state index contributed by atoms with van der Waals surface area (Å²) in [5, 5.41) is 11.1. The Bertz CT molecular complexity index is 1250. The fourth-order valence-corrected chi connectivity index (χ4v) is 4.38. The zero-order valence-corrected chi connectivity index (χ0v) is 19.9. The highest BCUT2D eigenvalue weighted by atomic mass is 19.1. The number of carbonyl (C=O) groups excluding carboxylic acids is 2. The first-order chi connectivity index (χ1) is 16.9. The highest BCUT2D eigenvalue weighted by Crippen LogP contribution is 2.42. The average Bonchev–Trinajstić information content (AvgIpc) is 3.15. The van der Waals surface area contributed by atoms with Crippen LogP contribution in [0, 0.1) is 5.82 Å². The third-order valence-corrected chi connectivity index (χ3v) is 6.25. The van der Waals surface area contributed by atoms with E-state index >= 15 is 0 Å². The fraction of sp³-hybridized carbons (Fsp3) is 0.214. The molecule has 7 heteroatoms. The molecule has 3 aromatic carbocycles. The molecule has 6 nitrogen and oxygen atoms in total. The monoisotopic (exact) mass is 474 g/mol. The zero-order chi connectivity index (χ0) is 25.1. The van der Waals surface area contributed by atoms with Crippen LogP contribution in [0.5, 0.6) is 5.75 Å². The summed E-state index contributed by atoms with van der Waals surface area (Å²) < 4.78 is 18.7. The minimum Gasteiger partial charge on any atom is -0.507 e. The molecule has 1 atom stereocenters. The van der Waals surface area contributed by atoms with Crippen molar-refractivity contribution in [2.75, 3.05) is 30.0 Å². The first-order valence-electron chi connectivity index (χ1n) is 11.5. The number of anilines is 2. The molecule has 3 aromatic rings. The minimum absolute atomic E-state index is 0.0481. The number of amides is 1. The average molecular weight is 475 g/mol. The molecule has 0 saturated carbocycles. The fourth-order valence-electron chi connectivity index (χ4n) is 4.38. The van der Waals surface area contributed by atoms with Crippen molar-refractivity contribution in [1.29, 1.82) is 0 Å². The number of ether oxygens (including phenoxy) is 1. The molecule has 0 spiro atoms.